The molecule has 4 rings (SSSR count). The summed E-state index contributed by atoms with van der Waals surface area (Å²) in [6.07, 6.45) is 1.22. The van der Waals surface area contributed by atoms with Crippen LogP contribution in [-0.2, 0) is 4.74 Å². The van der Waals surface area contributed by atoms with E-state index in [0.717, 1.165) is 29.5 Å². The number of hydrogen-bond donors (Lipinski definition) is 1. The Bertz CT molecular complexity index is 1110. The van der Waals surface area contributed by atoms with Gasteiger partial charge < -0.3 is 15.4 Å². The Kier molecular flexibility index (Phi) is 5.43. The first-order valence-corrected chi connectivity index (χ1v) is 10.6. The summed E-state index contributed by atoms with van der Waals surface area (Å²) in [4.78, 5) is 26.2. The molecular weight excluding hydrogens is 392 g/mol. The van der Waals surface area contributed by atoms with Crippen molar-refractivity contribution in [1.82, 2.24) is 14.7 Å². The molecule has 2 aromatic carbocycles. The van der Waals surface area contributed by atoms with E-state index in [1.165, 1.54) is 0 Å². The molecule has 31 heavy (non-hydrogen) atoms. The van der Waals surface area contributed by atoms with E-state index >= 15 is 0 Å². The highest BCUT2D eigenvalue weighted by atomic mass is 16.6. The number of hydrogen-bond acceptors (Lipinski definition) is 4. The third-order valence-electron chi connectivity index (χ3n) is 5.50. The Morgan fingerprint density at radius 2 is 1.71 bits per heavy atom. The molecule has 0 saturated carbocycles. The summed E-state index contributed by atoms with van der Waals surface area (Å²) in [6, 6.07) is 15.7. The fourth-order valence-corrected chi connectivity index (χ4v) is 4.09. The first kappa shape index (κ1) is 20.9. The van der Waals surface area contributed by atoms with Gasteiger partial charge in [-0.05, 0) is 39.7 Å². The van der Waals surface area contributed by atoms with E-state index in [9.17, 15) is 9.59 Å². The van der Waals surface area contributed by atoms with Crippen LogP contribution < -0.4 is 5.73 Å². The topological polar surface area (TPSA) is 90.4 Å². The second-order valence-electron chi connectivity index (χ2n) is 8.92. The highest BCUT2D eigenvalue weighted by Gasteiger charge is 2.30. The molecule has 0 radical (unpaired) electrons. The van der Waals surface area contributed by atoms with Crippen molar-refractivity contribution >= 4 is 22.9 Å². The molecule has 2 heterocycles. The average Bonchev–Trinajstić information content (AvgIpc) is 3.12. The fraction of sp³-hybridized carbons (Fsp3) is 0.375. The molecule has 1 aromatic heterocycles. The zero-order valence-electron chi connectivity index (χ0n) is 18.2. The zero-order chi connectivity index (χ0) is 22.2. The number of carbonyl (C=O) groups is 2. The number of aromatic nitrogens is 2. The molecule has 1 saturated heterocycles. The number of fused-ring (bicyclic) bond motifs is 1. The molecule has 0 unspecified atom stereocenters. The van der Waals surface area contributed by atoms with Crippen LogP contribution in [-0.4, -0.2) is 45.4 Å². The largest absolute Gasteiger partial charge is 0.444 e. The summed E-state index contributed by atoms with van der Waals surface area (Å²) in [5, 5.41) is 5.74. The van der Waals surface area contributed by atoms with Crippen LogP contribution in [0.25, 0.3) is 22.2 Å². The van der Waals surface area contributed by atoms with Gasteiger partial charge in [0, 0.05) is 24.0 Å². The van der Waals surface area contributed by atoms with Gasteiger partial charge in [0.1, 0.15) is 11.1 Å². The van der Waals surface area contributed by atoms with E-state index in [4.69, 9.17) is 15.6 Å². The van der Waals surface area contributed by atoms with Crippen LogP contribution >= 0.6 is 0 Å². The van der Waals surface area contributed by atoms with Gasteiger partial charge >= 0.3 is 6.09 Å². The molecule has 1 fully saturated rings. The third-order valence-corrected chi connectivity index (χ3v) is 5.50. The molecular formula is C24H28N4O3. The van der Waals surface area contributed by atoms with Crippen molar-refractivity contribution in [1.29, 1.82) is 0 Å². The Morgan fingerprint density at radius 3 is 2.32 bits per heavy atom. The smallest absolute Gasteiger partial charge is 0.410 e. The van der Waals surface area contributed by atoms with Gasteiger partial charge in [-0.25, -0.2) is 4.79 Å². The maximum Gasteiger partial charge on any atom is 0.410 e. The maximum absolute atomic E-state index is 12.4. The molecule has 7 nitrogen and oxygen atoms in total. The molecule has 1 aliphatic rings. The summed E-state index contributed by atoms with van der Waals surface area (Å²) in [5.74, 6) is -0.491. The number of nitrogens with zero attached hydrogens (tertiary/aromatic N) is 3. The predicted molar refractivity (Wildman–Crippen MR) is 120 cm³/mol. The number of ether oxygens (including phenoxy) is 1. The minimum absolute atomic E-state index is 0.0991. The number of rotatable bonds is 3. The van der Waals surface area contributed by atoms with Crippen molar-refractivity contribution in [2.45, 2.75) is 45.3 Å². The second kappa shape index (κ2) is 8.06. The van der Waals surface area contributed by atoms with Crippen LogP contribution in [0.3, 0.4) is 0 Å². The molecule has 7 heteroatoms. The summed E-state index contributed by atoms with van der Waals surface area (Å²) in [6.45, 7) is 6.79. The van der Waals surface area contributed by atoms with E-state index in [1.807, 2.05) is 67.9 Å². The van der Waals surface area contributed by atoms with E-state index in [0.29, 0.717) is 24.2 Å². The van der Waals surface area contributed by atoms with Crippen LogP contribution in [0.1, 0.15) is 50.0 Å². The van der Waals surface area contributed by atoms with Crippen LogP contribution in [0.4, 0.5) is 4.79 Å². The second-order valence-corrected chi connectivity index (χ2v) is 8.92. The molecule has 3 aromatic rings. The van der Waals surface area contributed by atoms with Gasteiger partial charge in [0.15, 0.2) is 0 Å². The summed E-state index contributed by atoms with van der Waals surface area (Å²) in [5.41, 5.74) is 8.12. The van der Waals surface area contributed by atoms with Gasteiger partial charge in [-0.3, -0.25) is 9.48 Å². The van der Waals surface area contributed by atoms with Crippen LogP contribution in [0.5, 0.6) is 0 Å². The fourth-order valence-electron chi connectivity index (χ4n) is 4.09. The maximum atomic E-state index is 12.4. The van der Waals surface area contributed by atoms with Gasteiger partial charge in [0.05, 0.1) is 17.3 Å². The number of amides is 2. The van der Waals surface area contributed by atoms with Crippen molar-refractivity contribution in [3.8, 4) is 11.3 Å². The molecule has 162 valence electrons. The molecule has 2 N–H and O–H groups in total. The van der Waals surface area contributed by atoms with Crippen molar-refractivity contribution in [2.24, 2.45) is 5.73 Å². The summed E-state index contributed by atoms with van der Waals surface area (Å²) < 4.78 is 7.53. The predicted octanol–water partition coefficient (Wildman–Crippen LogP) is 4.37. The van der Waals surface area contributed by atoms with Gasteiger partial charge in [0.2, 0.25) is 0 Å². The highest BCUT2D eigenvalue weighted by Crippen LogP contribution is 2.35. The first-order chi connectivity index (χ1) is 14.7. The van der Waals surface area contributed by atoms with Crippen LogP contribution in [0.15, 0.2) is 48.5 Å². The van der Waals surface area contributed by atoms with Crippen LogP contribution in [0.2, 0.25) is 0 Å². The van der Waals surface area contributed by atoms with E-state index in [-0.39, 0.29) is 12.1 Å². The van der Waals surface area contributed by atoms with Crippen molar-refractivity contribution < 1.29 is 14.3 Å². The summed E-state index contributed by atoms with van der Waals surface area (Å²) >= 11 is 0. The van der Waals surface area contributed by atoms with Crippen molar-refractivity contribution in [3.63, 3.8) is 0 Å². The number of nitrogens with two attached hydrogens (primary N) is 1. The number of piperidine rings is 1. The quantitative estimate of drug-likeness (QED) is 0.681. The Morgan fingerprint density at radius 1 is 1.03 bits per heavy atom. The van der Waals surface area contributed by atoms with Gasteiger partial charge in [0.25, 0.3) is 5.91 Å². The van der Waals surface area contributed by atoms with Crippen molar-refractivity contribution in [2.75, 3.05) is 13.1 Å². The highest BCUT2D eigenvalue weighted by molar-refractivity contribution is 6.08. The first-order valence-electron chi connectivity index (χ1n) is 10.6. The Hall–Kier alpha value is -3.35. The lowest BCUT2D eigenvalue weighted by atomic mass is 10.0. The molecule has 0 bridgehead atoms. The lowest BCUT2D eigenvalue weighted by Crippen LogP contribution is -2.42. The number of primary amides is 1. The number of carbonyl (C=O) groups excluding carboxylic acids is 2. The molecule has 0 aliphatic carbocycles. The normalized spacial score (nSPS) is 15.3. The monoisotopic (exact) mass is 420 g/mol. The summed E-state index contributed by atoms with van der Waals surface area (Å²) in [7, 11) is 0. The SMILES string of the molecule is CC(C)(C)OC(=O)N1CCC(n2nc3c(C(N)=O)cccc3c2-c2ccccc2)CC1. The number of benzene rings is 2. The van der Waals surface area contributed by atoms with E-state index < -0.39 is 11.5 Å². The zero-order valence-corrected chi connectivity index (χ0v) is 18.2. The van der Waals surface area contributed by atoms with Gasteiger partial charge in [-0.1, -0.05) is 42.5 Å². The lowest BCUT2D eigenvalue weighted by Gasteiger charge is -2.34. The lowest BCUT2D eigenvalue weighted by molar-refractivity contribution is 0.0185. The average molecular weight is 421 g/mol. The third kappa shape index (κ3) is 4.26. The minimum atomic E-state index is -0.515. The molecule has 2 amide bonds. The van der Waals surface area contributed by atoms with Gasteiger partial charge in [-0.15, -0.1) is 0 Å². The Balaban J connectivity index is 1.69. The van der Waals surface area contributed by atoms with Crippen molar-refractivity contribution in [3.05, 3.63) is 54.1 Å². The van der Waals surface area contributed by atoms with Gasteiger partial charge in [-0.2, -0.15) is 5.10 Å². The molecule has 0 spiro atoms. The van der Waals surface area contributed by atoms with E-state index in [1.54, 1.807) is 11.0 Å². The molecule has 0 atom stereocenters. The standard InChI is InChI=1S/C24H28N4O3/c1-24(2,3)31-23(30)27-14-12-17(13-15-27)28-21(16-8-5-4-6-9-16)18-10-7-11-19(22(25)29)20(18)26-28/h4-11,17H,12-15H2,1-3H3,(H2,25,29). The number of likely N-dealkylation sites (tertiary alicyclic amines) is 1. The van der Waals surface area contributed by atoms with Crippen LogP contribution in [0, 0.1) is 0 Å². The minimum Gasteiger partial charge on any atom is -0.444 e. The van der Waals surface area contributed by atoms with E-state index in [2.05, 4.69) is 0 Å². The molecule has 1 aliphatic heterocycles. The Labute approximate surface area is 181 Å².